The van der Waals surface area contributed by atoms with E-state index in [1.54, 1.807) is 37.3 Å². The molecule has 0 bridgehead atoms. The van der Waals surface area contributed by atoms with E-state index in [1.165, 1.54) is 6.07 Å². The van der Waals surface area contributed by atoms with Crippen LogP contribution in [0.25, 0.3) is 0 Å². The first-order chi connectivity index (χ1) is 9.47. The SMILES string of the molecule is Cc1ccc(NC(=O)c2cccc(I)c2)cc1[N+](=O)[O-]. The van der Waals surface area contributed by atoms with Gasteiger partial charge < -0.3 is 5.32 Å². The van der Waals surface area contributed by atoms with E-state index in [9.17, 15) is 14.9 Å². The quantitative estimate of drug-likeness (QED) is 0.499. The van der Waals surface area contributed by atoms with E-state index in [2.05, 4.69) is 27.9 Å². The highest BCUT2D eigenvalue weighted by atomic mass is 127. The third kappa shape index (κ3) is 3.32. The maximum atomic E-state index is 12.0. The van der Waals surface area contributed by atoms with Gasteiger partial charge in [0.05, 0.1) is 4.92 Å². The van der Waals surface area contributed by atoms with Crippen molar-refractivity contribution in [3.8, 4) is 0 Å². The number of halogens is 1. The minimum absolute atomic E-state index is 0.00885. The van der Waals surface area contributed by atoms with Crippen LogP contribution in [0, 0.1) is 20.6 Å². The van der Waals surface area contributed by atoms with Gasteiger partial charge in [0.15, 0.2) is 0 Å². The Balaban J connectivity index is 2.24. The molecule has 1 amide bonds. The largest absolute Gasteiger partial charge is 0.322 e. The molecule has 0 spiro atoms. The summed E-state index contributed by atoms with van der Waals surface area (Å²) < 4.78 is 0.949. The number of hydrogen-bond donors (Lipinski definition) is 1. The van der Waals surface area contributed by atoms with E-state index in [-0.39, 0.29) is 11.6 Å². The lowest BCUT2D eigenvalue weighted by Gasteiger charge is -2.06. The first-order valence-corrected chi connectivity index (χ1v) is 6.87. The number of hydrogen-bond acceptors (Lipinski definition) is 3. The monoisotopic (exact) mass is 382 g/mol. The maximum absolute atomic E-state index is 12.0. The fraction of sp³-hybridized carbons (Fsp3) is 0.0714. The molecule has 5 nitrogen and oxygen atoms in total. The summed E-state index contributed by atoms with van der Waals surface area (Å²) in [6, 6.07) is 11.7. The van der Waals surface area contributed by atoms with Crippen LogP contribution >= 0.6 is 22.6 Å². The lowest BCUT2D eigenvalue weighted by molar-refractivity contribution is -0.385. The normalized spacial score (nSPS) is 10.1. The van der Waals surface area contributed by atoms with Gasteiger partial charge in [-0.1, -0.05) is 12.1 Å². The zero-order valence-electron chi connectivity index (χ0n) is 10.6. The van der Waals surface area contributed by atoms with Gasteiger partial charge in [0.2, 0.25) is 0 Å². The number of nitrogens with one attached hydrogen (secondary N) is 1. The average molecular weight is 382 g/mol. The number of anilines is 1. The van der Waals surface area contributed by atoms with Crippen LogP contribution in [0.5, 0.6) is 0 Å². The van der Waals surface area contributed by atoms with Crippen LogP contribution in [-0.4, -0.2) is 10.8 Å². The van der Waals surface area contributed by atoms with Gasteiger partial charge in [-0.05, 0) is 53.8 Å². The first-order valence-electron chi connectivity index (χ1n) is 5.79. The van der Waals surface area contributed by atoms with Gasteiger partial charge in [0, 0.05) is 26.5 Å². The molecule has 0 saturated carbocycles. The zero-order valence-corrected chi connectivity index (χ0v) is 12.7. The van der Waals surface area contributed by atoms with Gasteiger partial charge in [0.25, 0.3) is 11.6 Å². The third-order valence-corrected chi connectivity index (χ3v) is 3.42. The van der Waals surface area contributed by atoms with E-state index >= 15 is 0 Å². The molecule has 0 heterocycles. The van der Waals surface area contributed by atoms with Crippen LogP contribution in [0.4, 0.5) is 11.4 Å². The zero-order chi connectivity index (χ0) is 14.7. The molecule has 2 rings (SSSR count). The number of carbonyl (C=O) groups is 1. The summed E-state index contributed by atoms with van der Waals surface area (Å²) in [4.78, 5) is 22.5. The highest BCUT2D eigenvalue weighted by molar-refractivity contribution is 14.1. The second-order valence-electron chi connectivity index (χ2n) is 4.22. The van der Waals surface area contributed by atoms with Crippen molar-refractivity contribution < 1.29 is 9.72 Å². The molecular formula is C14H11IN2O3. The molecule has 6 heteroatoms. The molecule has 0 aliphatic heterocycles. The van der Waals surface area contributed by atoms with Gasteiger partial charge in [-0.25, -0.2) is 0 Å². The minimum Gasteiger partial charge on any atom is -0.322 e. The molecule has 102 valence electrons. The van der Waals surface area contributed by atoms with E-state index in [0.717, 1.165) is 3.57 Å². The lowest BCUT2D eigenvalue weighted by Crippen LogP contribution is -2.12. The summed E-state index contributed by atoms with van der Waals surface area (Å²) in [5.74, 6) is -0.290. The fourth-order valence-corrected chi connectivity index (χ4v) is 2.26. The molecule has 2 aromatic rings. The number of rotatable bonds is 3. The van der Waals surface area contributed by atoms with Gasteiger partial charge in [0.1, 0.15) is 0 Å². The first kappa shape index (κ1) is 14.4. The van der Waals surface area contributed by atoms with Crippen molar-refractivity contribution in [3.05, 3.63) is 67.3 Å². The maximum Gasteiger partial charge on any atom is 0.274 e. The summed E-state index contributed by atoms with van der Waals surface area (Å²) in [6.45, 7) is 1.66. The van der Waals surface area contributed by atoms with Gasteiger partial charge >= 0.3 is 0 Å². The second kappa shape index (κ2) is 6.00. The number of benzene rings is 2. The van der Waals surface area contributed by atoms with E-state index in [1.807, 2.05) is 6.07 Å². The Morgan fingerprint density at radius 1 is 1.25 bits per heavy atom. The number of amides is 1. The molecule has 1 N–H and O–H groups in total. The van der Waals surface area contributed by atoms with Crippen molar-refractivity contribution in [1.82, 2.24) is 0 Å². The number of carbonyl (C=O) groups excluding carboxylic acids is 1. The van der Waals surface area contributed by atoms with Crippen LogP contribution in [0.1, 0.15) is 15.9 Å². The average Bonchev–Trinajstić information content (AvgIpc) is 2.40. The van der Waals surface area contributed by atoms with Crippen LogP contribution in [0.3, 0.4) is 0 Å². The Morgan fingerprint density at radius 3 is 2.65 bits per heavy atom. The molecule has 0 unspecified atom stereocenters. The topological polar surface area (TPSA) is 72.2 Å². The van der Waals surface area contributed by atoms with Gasteiger partial charge in [-0.15, -0.1) is 0 Å². The summed E-state index contributed by atoms with van der Waals surface area (Å²) in [7, 11) is 0. The Labute approximate surface area is 129 Å². The highest BCUT2D eigenvalue weighted by Crippen LogP contribution is 2.22. The van der Waals surface area contributed by atoms with Gasteiger partial charge in [-0.2, -0.15) is 0 Å². The van der Waals surface area contributed by atoms with Gasteiger partial charge in [-0.3, -0.25) is 14.9 Å². The van der Waals surface area contributed by atoms with Crippen molar-refractivity contribution in [2.45, 2.75) is 6.92 Å². The molecule has 0 aliphatic carbocycles. The highest BCUT2D eigenvalue weighted by Gasteiger charge is 2.13. The minimum atomic E-state index is -0.462. The van der Waals surface area contributed by atoms with E-state index in [4.69, 9.17) is 0 Å². The third-order valence-electron chi connectivity index (χ3n) is 2.75. The Bertz CT molecular complexity index is 686. The summed E-state index contributed by atoms with van der Waals surface area (Å²) >= 11 is 2.12. The smallest absolute Gasteiger partial charge is 0.274 e. The number of aryl methyl sites for hydroxylation is 1. The van der Waals surface area contributed by atoms with Crippen molar-refractivity contribution >= 4 is 39.9 Å². The summed E-state index contributed by atoms with van der Waals surface area (Å²) in [5, 5.41) is 13.5. The van der Waals surface area contributed by atoms with Crippen LogP contribution in [-0.2, 0) is 0 Å². The molecule has 0 aliphatic rings. The Hall–Kier alpha value is -1.96. The molecule has 2 aromatic carbocycles. The molecule has 0 fully saturated rings. The van der Waals surface area contributed by atoms with Crippen LogP contribution in [0.15, 0.2) is 42.5 Å². The van der Waals surface area contributed by atoms with E-state index < -0.39 is 4.92 Å². The lowest BCUT2D eigenvalue weighted by atomic mass is 10.1. The van der Waals surface area contributed by atoms with E-state index in [0.29, 0.717) is 16.8 Å². The van der Waals surface area contributed by atoms with Crippen molar-refractivity contribution in [2.24, 2.45) is 0 Å². The van der Waals surface area contributed by atoms with Crippen molar-refractivity contribution in [2.75, 3.05) is 5.32 Å². The number of nitrogens with zero attached hydrogens (tertiary/aromatic N) is 1. The number of nitro benzene ring substituents is 1. The molecule has 0 saturated heterocycles. The van der Waals surface area contributed by atoms with Crippen LogP contribution < -0.4 is 5.32 Å². The molecule has 0 atom stereocenters. The summed E-state index contributed by atoms with van der Waals surface area (Å²) in [6.07, 6.45) is 0. The second-order valence-corrected chi connectivity index (χ2v) is 5.47. The van der Waals surface area contributed by atoms with Crippen molar-refractivity contribution in [1.29, 1.82) is 0 Å². The standard InChI is InChI=1S/C14H11IN2O3/c1-9-5-6-12(8-13(9)17(19)20)16-14(18)10-3-2-4-11(15)7-10/h2-8H,1H3,(H,16,18). The Morgan fingerprint density at radius 2 is 2.00 bits per heavy atom. The predicted octanol–water partition coefficient (Wildman–Crippen LogP) is 3.76. The van der Waals surface area contributed by atoms with Crippen LogP contribution in [0.2, 0.25) is 0 Å². The predicted molar refractivity (Wildman–Crippen MR) is 84.9 cm³/mol. The number of nitro groups is 1. The summed E-state index contributed by atoms with van der Waals surface area (Å²) in [5.41, 5.74) is 1.47. The molecule has 0 aromatic heterocycles. The molecule has 20 heavy (non-hydrogen) atoms. The fourth-order valence-electron chi connectivity index (χ4n) is 1.72. The Kier molecular flexibility index (Phi) is 4.33. The molecular weight excluding hydrogens is 371 g/mol. The molecule has 0 radical (unpaired) electrons. The van der Waals surface area contributed by atoms with Crippen molar-refractivity contribution in [3.63, 3.8) is 0 Å².